The second-order valence-electron chi connectivity index (χ2n) is 6.19. The van der Waals surface area contributed by atoms with E-state index in [1.54, 1.807) is 18.6 Å². The average Bonchev–Trinajstić information content (AvgIpc) is 2.68. The maximum atomic E-state index is 11.5. The number of pyridine rings is 1. The zero-order chi connectivity index (χ0) is 18.6. The van der Waals surface area contributed by atoms with E-state index in [1.165, 1.54) is 0 Å². The van der Waals surface area contributed by atoms with Crippen molar-refractivity contribution >= 4 is 33.2 Å². The zero-order valence-electron chi connectivity index (χ0n) is 14.8. The van der Waals surface area contributed by atoms with Gasteiger partial charge in [-0.1, -0.05) is 24.3 Å². The first-order valence-corrected chi connectivity index (χ1v) is 10.2. The number of benzene rings is 2. The molecule has 134 valence electrons. The van der Waals surface area contributed by atoms with Gasteiger partial charge < -0.3 is 5.32 Å². The molecule has 0 spiro atoms. The van der Waals surface area contributed by atoms with Gasteiger partial charge in [0.2, 0.25) is 0 Å². The standard InChI is InChI=1S/C21H18N4OS/c1-27(26)14-15-5-4-6-17(13-15)23-21-18-7-2-3-8-19(18)24-20(25-21)16-9-11-22-12-10-16/h2-13H,14H2,1H3,(H,23,24,25). The van der Waals surface area contributed by atoms with Crippen LogP contribution in [0.5, 0.6) is 0 Å². The van der Waals surface area contributed by atoms with Gasteiger partial charge in [-0.25, -0.2) is 9.97 Å². The Bertz CT molecular complexity index is 1120. The SMILES string of the molecule is CS(=O)Cc1cccc(Nc2nc(-c3ccncc3)nc3ccccc23)c1. The average molecular weight is 374 g/mol. The molecule has 1 unspecified atom stereocenters. The molecule has 0 bridgehead atoms. The number of nitrogens with one attached hydrogen (secondary N) is 1. The van der Waals surface area contributed by atoms with Crippen LogP contribution in [0.1, 0.15) is 5.56 Å². The number of nitrogens with zero attached hydrogens (tertiary/aromatic N) is 3. The predicted octanol–water partition coefficient (Wildman–Crippen LogP) is 4.31. The largest absolute Gasteiger partial charge is 0.340 e. The fourth-order valence-electron chi connectivity index (χ4n) is 2.91. The van der Waals surface area contributed by atoms with E-state index in [0.717, 1.165) is 33.5 Å². The molecule has 0 fully saturated rings. The van der Waals surface area contributed by atoms with Gasteiger partial charge in [0.1, 0.15) is 5.82 Å². The summed E-state index contributed by atoms with van der Waals surface area (Å²) >= 11 is 0. The van der Waals surface area contributed by atoms with Crippen molar-refractivity contribution in [3.05, 3.63) is 78.6 Å². The number of hydrogen-bond acceptors (Lipinski definition) is 5. The first kappa shape index (κ1) is 17.3. The Morgan fingerprint density at radius 2 is 1.78 bits per heavy atom. The van der Waals surface area contributed by atoms with Crippen LogP contribution in [-0.2, 0) is 16.6 Å². The van der Waals surface area contributed by atoms with Crippen molar-refractivity contribution < 1.29 is 4.21 Å². The van der Waals surface area contributed by atoms with E-state index in [9.17, 15) is 4.21 Å². The molecule has 2 aromatic carbocycles. The number of anilines is 2. The summed E-state index contributed by atoms with van der Waals surface area (Å²) in [5.41, 5.74) is 3.71. The number of para-hydroxylation sites is 1. The summed E-state index contributed by atoms with van der Waals surface area (Å²) < 4.78 is 11.5. The zero-order valence-corrected chi connectivity index (χ0v) is 15.6. The Balaban J connectivity index is 1.78. The first-order valence-electron chi connectivity index (χ1n) is 8.52. The second-order valence-corrected chi connectivity index (χ2v) is 7.63. The molecule has 4 rings (SSSR count). The molecule has 0 amide bonds. The van der Waals surface area contributed by atoms with E-state index in [4.69, 9.17) is 4.98 Å². The van der Waals surface area contributed by atoms with Gasteiger partial charge in [-0.05, 0) is 42.0 Å². The lowest BCUT2D eigenvalue weighted by Crippen LogP contribution is -2.00. The van der Waals surface area contributed by atoms with Gasteiger partial charge in [0, 0.05) is 51.8 Å². The lowest BCUT2D eigenvalue weighted by molar-refractivity contribution is 0.686. The summed E-state index contributed by atoms with van der Waals surface area (Å²) in [7, 11) is -0.881. The molecule has 27 heavy (non-hydrogen) atoms. The highest BCUT2D eigenvalue weighted by Gasteiger charge is 2.10. The van der Waals surface area contributed by atoms with Crippen molar-refractivity contribution in [1.29, 1.82) is 0 Å². The fraction of sp³-hybridized carbons (Fsp3) is 0.0952. The highest BCUT2D eigenvalue weighted by molar-refractivity contribution is 7.83. The van der Waals surface area contributed by atoms with E-state index < -0.39 is 10.8 Å². The third-order valence-electron chi connectivity index (χ3n) is 4.10. The third-order valence-corrected chi connectivity index (χ3v) is 4.84. The second kappa shape index (κ2) is 7.63. The quantitative estimate of drug-likeness (QED) is 0.564. The van der Waals surface area contributed by atoms with Gasteiger partial charge in [0.15, 0.2) is 5.82 Å². The van der Waals surface area contributed by atoms with Crippen LogP contribution in [0.3, 0.4) is 0 Å². The van der Waals surface area contributed by atoms with Gasteiger partial charge in [-0.3, -0.25) is 9.19 Å². The molecule has 0 aliphatic rings. The lowest BCUT2D eigenvalue weighted by atomic mass is 10.2. The minimum absolute atomic E-state index is 0.530. The van der Waals surface area contributed by atoms with Crippen molar-refractivity contribution in [1.82, 2.24) is 15.0 Å². The molecule has 2 aromatic heterocycles. The molecule has 2 heterocycles. The number of rotatable bonds is 5. The molecule has 0 radical (unpaired) electrons. The molecule has 0 saturated carbocycles. The van der Waals surface area contributed by atoms with Gasteiger partial charge in [0.25, 0.3) is 0 Å². The Morgan fingerprint density at radius 1 is 0.963 bits per heavy atom. The summed E-state index contributed by atoms with van der Waals surface area (Å²) in [6.07, 6.45) is 5.17. The number of fused-ring (bicyclic) bond motifs is 1. The van der Waals surface area contributed by atoms with Crippen LogP contribution in [-0.4, -0.2) is 25.4 Å². The topological polar surface area (TPSA) is 67.8 Å². The van der Waals surface area contributed by atoms with Crippen LogP contribution in [0.4, 0.5) is 11.5 Å². The highest BCUT2D eigenvalue weighted by atomic mass is 32.2. The van der Waals surface area contributed by atoms with Crippen molar-refractivity contribution in [3.63, 3.8) is 0 Å². The van der Waals surface area contributed by atoms with E-state index in [2.05, 4.69) is 15.3 Å². The fourth-order valence-corrected chi connectivity index (χ4v) is 3.56. The van der Waals surface area contributed by atoms with Gasteiger partial charge in [-0.15, -0.1) is 0 Å². The molecule has 5 nitrogen and oxygen atoms in total. The maximum Gasteiger partial charge on any atom is 0.162 e. The molecule has 0 saturated heterocycles. The summed E-state index contributed by atoms with van der Waals surface area (Å²) in [5.74, 6) is 1.91. The highest BCUT2D eigenvalue weighted by Crippen LogP contribution is 2.27. The van der Waals surface area contributed by atoms with Crippen LogP contribution in [0.25, 0.3) is 22.3 Å². The molecule has 0 aliphatic heterocycles. The molecule has 0 aliphatic carbocycles. The van der Waals surface area contributed by atoms with Crippen molar-refractivity contribution in [3.8, 4) is 11.4 Å². The lowest BCUT2D eigenvalue weighted by Gasteiger charge is -2.12. The number of aromatic nitrogens is 3. The third kappa shape index (κ3) is 4.01. The summed E-state index contributed by atoms with van der Waals surface area (Å²) in [4.78, 5) is 13.5. The van der Waals surface area contributed by atoms with Gasteiger partial charge in [-0.2, -0.15) is 0 Å². The maximum absolute atomic E-state index is 11.5. The van der Waals surface area contributed by atoms with Gasteiger partial charge >= 0.3 is 0 Å². The van der Waals surface area contributed by atoms with Crippen LogP contribution in [0, 0.1) is 0 Å². The molecule has 1 atom stereocenters. The predicted molar refractivity (Wildman–Crippen MR) is 110 cm³/mol. The van der Waals surface area contributed by atoms with Crippen LogP contribution in [0.15, 0.2) is 73.1 Å². The van der Waals surface area contributed by atoms with E-state index in [1.807, 2.05) is 60.7 Å². The summed E-state index contributed by atoms with van der Waals surface area (Å²) in [6, 6.07) is 19.6. The normalized spacial score (nSPS) is 12.0. The van der Waals surface area contributed by atoms with Gasteiger partial charge in [0.05, 0.1) is 5.52 Å². The summed E-state index contributed by atoms with van der Waals surface area (Å²) in [5, 5.41) is 4.35. The van der Waals surface area contributed by atoms with Crippen LogP contribution in [0.2, 0.25) is 0 Å². The Labute approximate surface area is 160 Å². The smallest absolute Gasteiger partial charge is 0.162 e. The van der Waals surface area contributed by atoms with Crippen molar-refractivity contribution in [2.75, 3.05) is 11.6 Å². The minimum Gasteiger partial charge on any atom is -0.340 e. The van der Waals surface area contributed by atoms with Crippen LogP contribution >= 0.6 is 0 Å². The Kier molecular flexibility index (Phi) is 4.89. The molecular weight excluding hydrogens is 356 g/mol. The monoisotopic (exact) mass is 374 g/mol. The van der Waals surface area contributed by atoms with E-state index in [0.29, 0.717) is 11.6 Å². The Morgan fingerprint density at radius 3 is 2.59 bits per heavy atom. The molecule has 1 N–H and O–H groups in total. The van der Waals surface area contributed by atoms with E-state index >= 15 is 0 Å². The van der Waals surface area contributed by atoms with Crippen molar-refractivity contribution in [2.45, 2.75) is 5.75 Å². The number of hydrogen-bond donors (Lipinski definition) is 1. The summed E-state index contributed by atoms with van der Waals surface area (Å²) in [6.45, 7) is 0. The van der Waals surface area contributed by atoms with E-state index in [-0.39, 0.29) is 0 Å². The minimum atomic E-state index is -0.881. The first-order chi connectivity index (χ1) is 13.2. The Hall–Kier alpha value is -3.12. The van der Waals surface area contributed by atoms with Crippen molar-refractivity contribution in [2.24, 2.45) is 0 Å². The molecule has 6 heteroatoms. The molecular formula is C21H18N4OS. The van der Waals surface area contributed by atoms with Crippen LogP contribution < -0.4 is 5.32 Å². The molecule has 4 aromatic rings.